The van der Waals surface area contributed by atoms with E-state index in [4.69, 9.17) is 0 Å². The smallest absolute Gasteiger partial charge is 0.270 e. The maximum atomic E-state index is 12.7. The fourth-order valence-corrected chi connectivity index (χ4v) is 3.60. The van der Waals surface area contributed by atoms with E-state index >= 15 is 0 Å². The number of aryl methyl sites for hydroxylation is 1. The SMILES string of the molecule is Cc1cc(C(=O)N2CC[C@@H]3CNC[C@@H]3CC2)cc([N+](=O)[O-])c1.Cl. The number of likely N-dealkylation sites (tertiary alicyclic amines) is 1. The second-order valence-electron chi connectivity index (χ2n) is 6.36. The van der Waals surface area contributed by atoms with E-state index in [1.807, 2.05) is 4.90 Å². The number of nitrogens with zero attached hydrogens (tertiary/aromatic N) is 2. The third kappa shape index (κ3) is 3.82. The minimum Gasteiger partial charge on any atom is -0.339 e. The first kappa shape index (κ1) is 17.7. The predicted molar refractivity (Wildman–Crippen MR) is 90.1 cm³/mol. The van der Waals surface area contributed by atoms with E-state index < -0.39 is 4.92 Å². The zero-order chi connectivity index (χ0) is 15.7. The molecule has 2 fully saturated rings. The second kappa shape index (κ2) is 7.27. The van der Waals surface area contributed by atoms with Crippen LogP contribution in [-0.4, -0.2) is 41.9 Å². The van der Waals surface area contributed by atoms with Gasteiger partial charge in [-0.05, 0) is 56.3 Å². The topological polar surface area (TPSA) is 75.5 Å². The quantitative estimate of drug-likeness (QED) is 0.663. The van der Waals surface area contributed by atoms with Crippen LogP contribution in [0.3, 0.4) is 0 Å². The van der Waals surface area contributed by atoms with Crippen molar-refractivity contribution >= 4 is 24.0 Å². The van der Waals surface area contributed by atoms with Gasteiger partial charge >= 0.3 is 0 Å². The fraction of sp³-hybridized carbons (Fsp3) is 0.562. The summed E-state index contributed by atoms with van der Waals surface area (Å²) in [5, 5.41) is 14.4. The molecule has 2 aliphatic heterocycles. The molecule has 0 spiro atoms. The average Bonchev–Trinajstić information content (AvgIpc) is 2.84. The number of carbonyl (C=O) groups is 1. The number of non-ortho nitro benzene ring substituents is 1. The summed E-state index contributed by atoms with van der Waals surface area (Å²) in [5.74, 6) is 1.23. The molecule has 0 aliphatic carbocycles. The fourth-order valence-electron chi connectivity index (χ4n) is 3.60. The predicted octanol–water partition coefficient (Wildman–Crippen LogP) is 2.40. The Labute approximate surface area is 141 Å². The Balaban J connectivity index is 0.00000192. The molecule has 126 valence electrons. The Morgan fingerprint density at radius 3 is 2.39 bits per heavy atom. The van der Waals surface area contributed by atoms with Gasteiger partial charge in [-0.25, -0.2) is 0 Å². The van der Waals surface area contributed by atoms with Crippen LogP contribution in [0, 0.1) is 28.9 Å². The molecule has 1 aromatic carbocycles. The van der Waals surface area contributed by atoms with Crippen molar-refractivity contribution in [2.45, 2.75) is 19.8 Å². The highest BCUT2D eigenvalue weighted by atomic mass is 35.5. The maximum absolute atomic E-state index is 12.7. The number of hydrogen-bond donors (Lipinski definition) is 1. The van der Waals surface area contributed by atoms with E-state index in [-0.39, 0.29) is 24.0 Å². The first-order chi connectivity index (χ1) is 10.5. The molecule has 1 amide bonds. The Morgan fingerprint density at radius 2 is 1.83 bits per heavy atom. The van der Waals surface area contributed by atoms with Gasteiger partial charge in [0.1, 0.15) is 0 Å². The molecular weight excluding hydrogens is 318 g/mol. The van der Waals surface area contributed by atoms with Crippen LogP contribution in [0.5, 0.6) is 0 Å². The Bertz CT molecular complexity index is 594. The second-order valence-corrected chi connectivity index (χ2v) is 6.36. The van der Waals surface area contributed by atoms with Crippen molar-refractivity contribution in [2.75, 3.05) is 26.2 Å². The number of halogens is 1. The van der Waals surface area contributed by atoms with Crippen LogP contribution in [-0.2, 0) is 0 Å². The number of nitro groups is 1. The van der Waals surface area contributed by atoms with Crippen LogP contribution < -0.4 is 5.32 Å². The lowest BCUT2D eigenvalue weighted by Crippen LogP contribution is -2.32. The molecule has 1 N–H and O–H groups in total. The summed E-state index contributed by atoms with van der Waals surface area (Å²) in [6.45, 7) is 5.35. The van der Waals surface area contributed by atoms with Gasteiger partial charge in [0.05, 0.1) is 4.92 Å². The number of hydrogen-bond acceptors (Lipinski definition) is 4. The minimum absolute atomic E-state index is 0. The molecule has 0 unspecified atom stereocenters. The largest absolute Gasteiger partial charge is 0.339 e. The summed E-state index contributed by atoms with van der Waals surface area (Å²) in [6, 6.07) is 4.63. The zero-order valence-corrected chi connectivity index (χ0v) is 14.0. The van der Waals surface area contributed by atoms with E-state index in [0.29, 0.717) is 17.4 Å². The van der Waals surface area contributed by atoms with Gasteiger partial charge in [-0.3, -0.25) is 14.9 Å². The van der Waals surface area contributed by atoms with Crippen LogP contribution in [0.15, 0.2) is 18.2 Å². The van der Waals surface area contributed by atoms with E-state index in [1.54, 1.807) is 13.0 Å². The number of rotatable bonds is 2. The number of nitrogens with one attached hydrogen (secondary N) is 1. The van der Waals surface area contributed by atoms with Crippen LogP contribution in [0.2, 0.25) is 0 Å². The molecule has 0 radical (unpaired) electrons. The van der Waals surface area contributed by atoms with Gasteiger partial charge in [-0.1, -0.05) is 0 Å². The van der Waals surface area contributed by atoms with Crippen molar-refractivity contribution in [1.82, 2.24) is 10.2 Å². The van der Waals surface area contributed by atoms with Crippen molar-refractivity contribution in [3.05, 3.63) is 39.4 Å². The molecule has 2 heterocycles. The highest BCUT2D eigenvalue weighted by Gasteiger charge is 2.31. The van der Waals surface area contributed by atoms with Crippen molar-refractivity contribution in [2.24, 2.45) is 11.8 Å². The van der Waals surface area contributed by atoms with Crippen LogP contribution >= 0.6 is 12.4 Å². The molecule has 3 rings (SSSR count). The number of carbonyl (C=O) groups excluding carboxylic acids is 1. The minimum atomic E-state index is -0.442. The number of fused-ring (bicyclic) bond motifs is 1. The standard InChI is InChI=1S/C16H21N3O3.ClH/c1-11-6-14(8-15(7-11)19(21)22)16(20)18-4-2-12-9-17-10-13(12)3-5-18;/h6-8,12-13,17H,2-5,9-10H2,1H3;1H/t12-,13+;. The summed E-state index contributed by atoms with van der Waals surface area (Å²) in [5.41, 5.74) is 1.16. The third-order valence-corrected chi connectivity index (χ3v) is 4.83. The van der Waals surface area contributed by atoms with Crippen molar-refractivity contribution in [3.63, 3.8) is 0 Å². The Morgan fingerprint density at radius 1 is 1.22 bits per heavy atom. The van der Waals surface area contributed by atoms with Crippen LogP contribution in [0.4, 0.5) is 5.69 Å². The normalized spacial score (nSPS) is 23.6. The highest BCUT2D eigenvalue weighted by Crippen LogP contribution is 2.28. The molecule has 6 nitrogen and oxygen atoms in total. The van der Waals surface area contributed by atoms with Crippen molar-refractivity contribution in [1.29, 1.82) is 0 Å². The van der Waals surface area contributed by atoms with Gasteiger partial charge in [-0.2, -0.15) is 0 Å². The van der Waals surface area contributed by atoms with Gasteiger partial charge < -0.3 is 10.2 Å². The highest BCUT2D eigenvalue weighted by molar-refractivity contribution is 5.95. The molecular formula is C16H22ClN3O3. The van der Waals surface area contributed by atoms with Crippen molar-refractivity contribution < 1.29 is 9.72 Å². The summed E-state index contributed by atoms with van der Waals surface area (Å²) >= 11 is 0. The molecule has 2 atom stereocenters. The van der Waals surface area contributed by atoms with Crippen molar-refractivity contribution in [3.8, 4) is 0 Å². The summed E-state index contributed by atoms with van der Waals surface area (Å²) in [6.07, 6.45) is 2.02. The molecule has 1 aromatic rings. The number of benzene rings is 1. The molecule has 2 aliphatic rings. The average molecular weight is 340 g/mol. The summed E-state index contributed by atoms with van der Waals surface area (Å²) in [7, 11) is 0. The van der Waals surface area contributed by atoms with E-state index in [9.17, 15) is 14.9 Å². The molecule has 7 heteroatoms. The number of amides is 1. The van der Waals surface area contributed by atoms with Crippen LogP contribution in [0.25, 0.3) is 0 Å². The molecule has 23 heavy (non-hydrogen) atoms. The third-order valence-electron chi connectivity index (χ3n) is 4.83. The van der Waals surface area contributed by atoms with Gasteiger partial charge in [0, 0.05) is 30.8 Å². The summed E-state index contributed by atoms with van der Waals surface area (Å²) in [4.78, 5) is 25.1. The van der Waals surface area contributed by atoms with Gasteiger partial charge in [0.15, 0.2) is 0 Å². The van der Waals surface area contributed by atoms with Gasteiger partial charge in [-0.15, -0.1) is 12.4 Å². The molecule has 0 saturated carbocycles. The van der Waals surface area contributed by atoms with Gasteiger partial charge in [0.25, 0.3) is 11.6 Å². The Hall–Kier alpha value is -1.66. The van der Waals surface area contributed by atoms with E-state index in [1.165, 1.54) is 12.1 Å². The maximum Gasteiger partial charge on any atom is 0.270 e. The van der Waals surface area contributed by atoms with E-state index in [0.717, 1.165) is 44.6 Å². The van der Waals surface area contributed by atoms with Gasteiger partial charge in [0.2, 0.25) is 0 Å². The molecule has 0 bridgehead atoms. The van der Waals surface area contributed by atoms with Crippen LogP contribution in [0.1, 0.15) is 28.8 Å². The molecule has 2 saturated heterocycles. The Kier molecular flexibility index (Phi) is 5.59. The lowest BCUT2D eigenvalue weighted by atomic mass is 9.92. The monoisotopic (exact) mass is 339 g/mol. The first-order valence-corrected chi connectivity index (χ1v) is 7.80. The number of nitro benzene ring substituents is 1. The lowest BCUT2D eigenvalue weighted by molar-refractivity contribution is -0.384. The lowest BCUT2D eigenvalue weighted by Gasteiger charge is -2.21. The van der Waals surface area contributed by atoms with E-state index in [2.05, 4.69) is 5.32 Å². The molecule has 0 aromatic heterocycles. The zero-order valence-electron chi connectivity index (χ0n) is 13.2. The summed E-state index contributed by atoms with van der Waals surface area (Å²) < 4.78 is 0. The first-order valence-electron chi connectivity index (χ1n) is 7.80.